The Labute approximate surface area is 188 Å². The molecular weight excluding hydrogens is 330 g/mol. The van der Waals surface area contributed by atoms with E-state index in [2.05, 4.69) is 0 Å². The maximum absolute atomic E-state index is 9.78. The molecule has 0 aliphatic carbocycles. The first-order valence-electron chi connectivity index (χ1n) is 6.74. The van der Waals surface area contributed by atoms with Crippen LogP contribution in [0.1, 0.15) is 14.0 Å². The molecule has 5 nitrogen and oxygen atoms in total. The molecule has 1 aliphatic heterocycles. The van der Waals surface area contributed by atoms with Gasteiger partial charge in [-0.1, -0.05) is 18.2 Å². The number of benzene rings is 2. The summed E-state index contributed by atoms with van der Waals surface area (Å²) in [5.41, 5.74) is 1.77. The van der Waals surface area contributed by atoms with Crippen molar-refractivity contribution >= 4 is 12.2 Å². The van der Waals surface area contributed by atoms with E-state index in [1.807, 2.05) is 30.4 Å². The average Bonchev–Trinajstić information content (AvgIpc) is 3.00. The summed E-state index contributed by atoms with van der Waals surface area (Å²) in [6.07, 6.45) is 3.79. The number of ether oxygens (including phenoxy) is 4. The Hall–Kier alpha value is -0.820. The number of methoxy groups -OCH3 is 2. The van der Waals surface area contributed by atoms with Crippen molar-refractivity contribution in [2.45, 2.75) is 0 Å². The summed E-state index contributed by atoms with van der Waals surface area (Å²) in [5, 5.41) is 9.78. The standard InChI is InChI=1S/C17H16O5.2Na.2H/c1-19-14-6-5-11(7-13(14)18)3-4-12-8-15(20-2)17-16(9-12)21-10-22-17;;;;/h3-9,18H,10H2,1-2H3;;;;/q;2*+1;2*-1/b4-3-;;;;. The first-order valence-corrected chi connectivity index (χ1v) is 6.74. The molecule has 0 unspecified atom stereocenters. The van der Waals surface area contributed by atoms with Crippen LogP contribution in [0.2, 0.25) is 0 Å². The van der Waals surface area contributed by atoms with Gasteiger partial charge in [0.1, 0.15) is 0 Å². The molecule has 2 aromatic rings. The smallest absolute Gasteiger partial charge is 1.00 e. The molecule has 0 amide bonds. The Morgan fingerprint density at radius 3 is 2.33 bits per heavy atom. The van der Waals surface area contributed by atoms with Gasteiger partial charge in [-0.15, -0.1) is 0 Å². The maximum atomic E-state index is 9.78. The Morgan fingerprint density at radius 2 is 1.67 bits per heavy atom. The predicted octanol–water partition coefficient (Wildman–Crippen LogP) is -2.46. The number of phenolic OH excluding ortho intramolecular Hbond substituents is 1. The molecule has 1 N–H and O–H groups in total. The third-order valence-corrected chi connectivity index (χ3v) is 3.35. The first kappa shape index (κ1) is 21.2. The van der Waals surface area contributed by atoms with Crippen LogP contribution in [-0.4, -0.2) is 26.1 Å². The molecular formula is C17H18Na2O5. The van der Waals surface area contributed by atoms with E-state index in [-0.39, 0.29) is 74.5 Å². The Kier molecular flexibility index (Phi) is 8.50. The topological polar surface area (TPSA) is 57.2 Å². The van der Waals surface area contributed by atoms with E-state index in [0.29, 0.717) is 23.0 Å². The molecule has 24 heavy (non-hydrogen) atoms. The van der Waals surface area contributed by atoms with Crippen LogP contribution >= 0.6 is 0 Å². The molecule has 0 atom stereocenters. The van der Waals surface area contributed by atoms with Crippen LogP contribution < -0.4 is 78.1 Å². The SMILES string of the molecule is COc1ccc(/C=C\c2cc(OC)c3c(c2)OCO3)cc1O.[H-].[H-].[Na+].[Na+]. The summed E-state index contributed by atoms with van der Waals surface area (Å²) in [4.78, 5) is 0. The van der Waals surface area contributed by atoms with Crippen molar-refractivity contribution in [3.63, 3.8) is 0 Å². The molecule has 1 aliphatic rings. The van der Waals surface area contributed by atoms with Gasteiger partial charge in [-0.25, -0.2) is 0 Å². The van der Waals surface area contributed by atoms with Crippen LogP contribution in [0.5, 0.6) is 28.7 Å². The van der Waals surface area contributed by atoms with Gasteiger partial charge in [-0.05, 0) is 35.4 Å². The van der Waals surface area contributed by atoms with E-state index < -0.39 is 0 Å². The summed E-state index contributed by atoms with van der Waals surface area (Å²) >= 11 is 0. The zero-order valence-electron chi connectivity index (χ0n) is 16.3. The van der Waals surface area contributed by atoms with Crippen molar-refractivity contribution < 1.29 is 86.0 Å². The summed E-state index contributed by atoms with van der Waals surface area (Å²) in [7, 11) is 3.11. The van der Waals surface area contributed by atoms with Gasteiger partial charge in [0.05, 0.1) is 14.2 Å². The van der Waals surface area contributed by atoms with Gasteiger partial charge in [0, 0.05) is 0 Å². The van der Waals surface area contributed by atoms with Crippen LogP contribution in [0.15, 0.2) is 30.3 Å². The molecule has 118 valence electrons. The Balaban J connectivity index is 0. The van der Waals surface area contributed by atoms with E-state index >= 15 is 0 Å². The molecule has 7 heteroatoms. The largest absolute Gasteiger partial charge is 1.00 e. The van der Waals surface area contributed by atoms with Gasteiger partial charge in [0.2, 0.25) is 12.5 Å². The molecule has 0 spiro atoms. The first-order chi connectivity index (χ1) is 10.7. The van der Waals surface area contributed by atoms with Crippen molar-refractivity contribution in [1.82, 2.24) is 0 Å². The molecule has 0 saturated carbocycles. The fraction of sp³-hybridized carbons (Fsp3) is 0.176. The van der Waals surface area contributed by atoms with E-state index in [1.165, 1.54) is 7.11 Å². The van der Waals surface area contributed by atoms with Gasteiger partial charge >= 0.3 is 59.1 Å². The van der Waals surface area contributed by atoms with Gasteiger partial charge in [0.25, 0.3) is 0 Å². The van der Waals surface area contributed by atoms with Crippen molar-refractivity contribution in [3.05, 3.63) is 41.5 Å². The average molecular weight is 348 g/mol. The number of rotatable bonds is 4. The van der Waals surface area contributed by atoms with Gasteiger partial charge in [0.15, 0.2) is 23.0 Å². The van der Waals surface area contributed by atoms with Crippen molar-refractivity contribution in [3.8, 4) is 28.7 Å². The molecule has 1 heterocycles. The number of hydrogen-bond donors (Lipinski definition) is 1. The number of fused-ring (bicyclic) bond motifs is 1. The van der Waals surface area contributed by atoms with Crippen LogP contribution in [0.3, 0.4) is 0 Å². The third kappa shape index (κ3) is 4.63. The zero-order chi connectivity index (χ0) is 15.5. The second kappa shape index (κ2) is 9.61. The monoisotopic (exact) mass is 348 g/mol. The van der Waals surface area contributed by atoms with E-state index in [4.69, 9.17) is 18.9 Å². The molecule has 3 rings (SSSR count). The van der Waals surface area contributed by atoms with Crippen LogP contribution in [0, 0.1) is 0 Å². The van der Waals surface area contributed by atoms with Gasteiger partial charge < -0.3 is 26.9 Å². The molecule has 2 aromatic carbocycles. The second-order valence-corrected chi connectivity index (χ2v) is 4.72. The Bertz CT molecular complexity index is 741. The quantitative estimate of drug-likeness (QED) is 0.491. The summed E-state index contributed by atoms with van der Waals surface area (Å²) in [6, 6.07) is 8.96. The van der Waals surface area contributed by atoms with Crippen molar-refractivity contribution in [2.24, 2.45) is 0 Å². The maximum Gasteiger partial charge on any atom is 1.00 e. The predicted molar refractivity (Wildman–Crippen MR) is 84.9 cm³/mol. The summed E-state index contributed by atoms with van der Waals surface area (Å²) in [6.45, 7) is 0.200. The zero-order valence-corrected chi connectivity index (χ0v) is 18.3. The molecule has 0 fully saturated rings. The van der Waals surface area contributed by atoms with Crippen LogP contribution in [-0.2, 0) is 0 Å². The fourth-order valence-corrected chi connectivity index (χ4v) is 2.25. The van der Waals surface area contributed by atoms with Gasteiger partial charge in [-0.3, -0.25) is 0 Å². The molecule has 0 aromatic heterocycles. The van der Waals surface area contributed by atoms with Gasteiger partial charge in [-0.2, -0.15) is 0 Å². The normalized spacial score (nSPS) is 11.6. The fourth-order valence-electron chi connectivity index (χ4n) is 2.25. The van der Waals surface area contributed by atoms with Crippen LogP contribution in [0.25, 0.3) is 12.2 Å². The number of phenols is 1. The van der Waals surface area contributed by atoms with E-state index in [1.54, 1.807) is 19.2 Å². The summed E-state index contributed by atoms with van der Waals surface area (Å²) in [5.74, 6) is 2.47. The van der Waals surface area contributed by atoms with E-state index in [9.17, 15) is 5.11 Å². The number of aromatic hydroxyl groups is 1. The number of hydrogen-bond acceptors (Lipinski definition) is 5. The minimum atomic E-state index is 0. The van der Waals surface area contributed by atoms with Crippen molar-refractivity contribution in [1.29, 1.82) is 0 Å². The van der Waals surface area contributed by atoms with E-state index in [0.717, 1.165) is 11.1 Å². The molecule has 0 radical (unpaired) electrons. The molecule has 0 bridgehead atoms. The summed E-state index contributed by atoms with van der Waals surface area (Å²) < 4.78 is 21.1. The third-order valence-electron chi connectivity index (χ3n) is 3.35. The minimum Gasteiger partial charge on any atom is -1.00 e. The van der Waals surface area contributed by atoms with Crippen LogP contribution in [0.4, 0.5) is 0 Å². The molecule has 0 saturated heterocycles. The second-order valence-electron chi connectivity index (χ2n) is 4.72. The Morgan fingerprint density at radius 1 is 0.958 bits per heavy atom. The minimum absolute atomic E-state index is 0. The van der Waals surface area contributed by atoms with Crippen molar-refractivity contribution in [2.75, 3.05) is 21.0 Å².